The van der Waals surface area contributed by atoms with Gasteiger partial charge in [0.1, 0.15) is 12.1 Å². The third-order valence-electron chi connectivity index (χ3n) is 6.64. The zero-order chi connectivity index (χ0) is 25.2. The third kappa shape index (κ3) is 5.21. The lowest BCUT2D eigenvalue weighted by atomic mass is 9.91. The standard InChI is InChI=1S/C25H24ClN9O2/c26-18-3-1-2-16(10-18)15-4-6-19(7-5-15)29-25-27-12-17(13-28-25)24-33-32-22(37-24)11-23(36)35-9-8-20-21(14-35)31-34-30-20/h1-4,10,12-13,19H,5-9,11,14H2,(H,27,28,29)(H,30,31,34). The van der Waals surface area contributed by atoms with Gasteiger partial charge in [-0.1, -0.05) is 35.0 Å². The first-order valence-electron chi connectivity index (χ1n) is 12.1. The Kier molecular flexibility index (Phi) is 6.35. The van der Waals surface area contributed by atoms with E-state index in [1.54, 1.807) is 17.3 Å². The maximum absolute atomic E-state index is 12.7. The quantitative estimate of drug-likeness (QED) is 0.393. The molecule has 0 spiro atoms. The molecule has 0 saturated carbocycles. The summed E-state index contributed by atoms with van der Waals surface area (Å²) in [7, 11) is 0. The highest BCUT2D eigenvalue weighted by atomic mass is 35.5. The van der Waals surface area contributed by atoms with E-state index in [-0.39, 0.29) is 30.2 Å². The number of hydrogen-bond donors (Lipinski definition) is 2. The summed E-state index contributed by atoms with van der Waals surface area (Å²) in [6, 6.07) is 8.21. The Bertz CT molecular complexity index is 1450. The third-order valence-corrected chi connectivity index (χ3v) is 6.87. The van der Waals surface area contributed by atoms with Crippen LogP contribution in [0.25, 0.3) is 17.0 Å². The summed E-state index contributed by atoms with van der Waals surface area (Å²) in [4.78, 5) is 23.2. The zero-order valence-electron chi connectivity index (χ0n) is 19.9. The Labute approximate surface area is 217 Å². The van der Waals surface area contributed by atoms with Gasteiger partial charge in [-0.2, -0.15) is 0 Å². The van der Waals surface area contributed by atoms with Gasteiger partial charge in [0.2, 0.25) is 17.7 Å². The van der Waals surface area contributed by atoms with Crippen LogP contribution in [-0.2, 0) is 24.2 Å². The number of carbonyl (C=O) groups excluding carboxylic acids is 1. The van der Waals surface area contributed by atoms with Gasteiger partial charge in [-0.25, -0.2) is 9.97 Å². The molecule has 2 aliphatic rings. The second-order valence-corrected chi connectivity index (χ2v) is 9.57. The first kappa shape index (κ1) is 23.3. The molecule has 0 bridgehead atoms. The fourth-order valence-electron chi connectivity index (χ4n) is 4.61. The van der Waals surface area contributed by atoms with Gasteiger partial charge >= 0.3 is 0 Å². The predicted molar refractivity (Wildman–Crippen MR) is 135 cm³/mol. The minimum Gasteiger partial charge on any atom is -0.420 e. The molecule has 1 aliphatic heterocycles. The van der Waals surface area contributed by atoms with Crippen LogP contribution in [0.5, 0.6) is 0 Å². The number of aromatic nitrogens is 7. The molecular weight excluding hydrogens is 494 g/mol. The SMILES string of the molecule is O=C(Cc1nnc(-c2cnc(NC3CC=C(c4cccc(Cl)c4)CC3)nc2)o1)N1CCc2[nH]nnc2C1. The summed E-state index contributed by atoms with van der Waals surface area (Å²) >= 11 is 6.13. The summed E-state index contributed by atoms with van der Waals surface area (Å²) in [6.45, 7) is 1.02. The summed E-state index contributed by atoms with van der Waals surface area (Å²) in [6.07, 6.45) is 9.05. The van der Waals surface area contributed by atoms with E-state index in [9.17, 15) is 4.79 Å². The molecule has 6 rings (SSSR count). The molecule has 1 unspecified atom stereocenters. The highest BCUT2D eigenvalue weighted by Gasteiger charge is 2.25. The topological polar surface area (TPSA) is 139 Å². The molecule has 12 heteroatoms. The number of aromatic amines is 1. The Morgan fingerprint density at radius 1 is 1.16 bits per heavy atom. The van der Waals surface area contributed by atoms with E-state index in [1.807, 2.05) is 18.2 Å². The van der Waals surface area contributed by atoms with Crippen molar-refractivity contribution < 1.29 is 9.21 Å². The van der Waals surface area contributed by atoms with Gasteiger partial charge in [-0.05, 0) is 42.5 Å². The molecule has 3 aromatic heterocycles. The number of fused-ring (bicyclic) bond motifs is 1. The molecule has 4 aromatic rings. The Morgan fingerprint density at radius 3 is 2.86 bits per heavy atom. The Hall–Kier alpha value is -4.12. The summed E-state index contributed by atoms with van der Waals surface area (Å²) in [5.74, 6) is 0.969. The monoisotopic (exact) mass is 517 g/mol. The summed E-state index contributed by atoms with van der Waals surface area (Å²) in [5, 5.41) is 22.9. The summed E-state index contributed by atoms with van der Waals surface area (Å²) in [5.41, 5.74) is 4.85. The van der Waals surface area contributed by atoms with E-state index in [0.29, 0.717) is 31.0 Å². The molecule has 0 fully saturated rings. The zero-order valence-corrected chi connectivity index (χ0v) is 20.6. The molecule has 2 N–H and O–H groups in total. The minimum absolute atomic E-state index is 0.0209. The first-order chi connectivity index (χ1) is 18.1. The van der Waals surface area contributed by atoms with Gasteiger partial charge in [0.25, 0.3) is 5.89 Å². The molecule has 1 aliphatic carbocycles. The fourth-order valence-corrected chi connectivity index (χ4v) is 4.80. The molecule has 0 radical (unpaired) electrons. The number of nitrogens with one attached hydrogen (secondary N) is 2. The number of carbonyl (C=O) groups is 1. The lowest BCUT2D eigenvalue weighted by Gasteiger charge is -2.25. The number of amides is 1. The van der Waals surface area contributed by atoms with Crippen molar-refractivity contribution in [2.24, 2.45) is 0 Å². The van der Waals surface area contributed by atoms with Gasteiger partial charge in [0.15, 0.2) is 0 Å². The van der Waals surface area contributed by atoms with Crippen molar-refractivity contribution in [2.75, 3.05) is 11.9 Å². The predicted octanol–water partition coefficient (Wildman–Crippen LogP) is 3.47. The maximum Gasteiger partial charge on any atom is 0.250 e. The average molecular weight is 518 g/mol. The lowest BCUT2D eigenvalue weighted by molar-refractivity contribution is -0.131. The van der Waals surface area contributed by atoms with Crippen LogP contribution in [-0.4, -0.2) is 59.0 Å². The van der Waals surface area contributed by atoms with Crippen LogP contribution in [0, 0.1) is 0 Å². The lowest BCUT2D eigenvalue weighted by Crippen LogP contribution is -2.37. The van der Waals surface area contributed by atoms with E-state index in [0.717, 1.165) is 35.7 Å². The Balaban J connectivity index is 1.04. The second-order valence-electron chi connectivity index (χ2n) is 9.13. The van der Waals surface area contributed by atoms with Crippen molar-refractivity contribution in [1.29, 1.82) is 0 Å². The highest BCUT2D eigenvalue weighted by molar-refractivity contribution is 6.30. The van der Waals surface area contributed by atoms with Crippen LogP contribution in [0.2, 0.25) is 5.02 Å². The molecule has 37 heavy (non-hydrogen) atoms. The van der Waals surface area contributed by atoms with Gasteiger partial charge in [0, 0.05) is 36.4 Å². The number of rotatable bonds is 6. The van der Waals surface area contributed by atoms with Crippen molar-refractivity contribution in [3.63, 3.8) is 0 Å². The smallest absolute Gasteiger partial charge is 0.250 e. The van der Waals surface area contributed by atoms with Crippen LogP contribution in [0.4, 0.5) is 5.95 Å². The van der Waals surface area contributed by atoms with Gasteiger partial charge in [-0.15, -0.1) is 15.3 Å². The number of allylic oxidation sites excluding steroid dienone is 1. The number of benzene rings is 1. The van der Waals surface area contributed by atoms with E-state index in [1.165, 1.54) is 11.1 Å². The van der Waals surface area contributed by atoms with E-state index in [2.05, 4.69) is 53.0 Å². The van der Waals surface area contributed by atoms with Crippen LogP contribution in [0.3, 0.4) is 0 Å². The van der Waals surface area contributed by atoms with Gasteiger partial charge < -0.3 is 14.6 Å². The average Bonchev–Trinajstić information content (AvgIpc) is 3.59. The molecular formula is C25H24ClN9O2. The van der Waals surface area contributed by atoms with E-state index >= 15 is 0 Å². The number of nitrogens with zero attached hydrogens (tertiary/aromatic N) is 7. The van der Waals surface area contributed by atoms with Crippen LogP contribution < -0.4 is 5.32 Å². The Morgan fingerprint density at radius 2 is 2.05 bits per heavy atom. The van der Waals surface area contributed by atoms with E-state index in [4.69, 9.17) is 16.0 Å². The molecule has 4 heterocycles. The van der Waals surface area contributed by atoms with Crippen LogP contribution in [0.15, 0.2) is 47.2 Å². The first-order valence-corrected chi connectivity index (χ1v) is 12.5. The van der Waals surface area contributed by atoms with E-state index < -0.39 is 0 Å². The molecule has 11 nitrogen and oxygen atoms in total. The van der Waals surface area contributed by atoms with Gasteiger partial charge in [0.05, 0.1) is 17.8 Å². The largest absolute Gasteiger partial charge is 0.420 e. The van der Waals surface area contributed by atoms with Crippen molar-refractivity contribution >= 4 is 29.0 Å². The highest BCUT2D eigenvalue weighted by Crippen LogP contribution is 2.29. The van der Waals surface area contributed by atoms with Crippen LogP contribution >= 0.6 is 11.6 Å². The minimum atomic E-state index is -0.0975. The fraction of sp³-hybridized carbons (Fsp3) is 0.320. The molecule has 1 amide bonds. The summed E-state index contributed by atoms with van der Waals surface area (Å²) < 4.78 is 5.72. The number of hydrogen-bond acceptors (Lipinski definition) is 9. The van der Waals surface area contributed by atoms with Crippen molar-refractivity contribution in [1.82, 2.24) is 40.5 Å². The second kappa shape index (κ2) is 10.1. The number of H-pyrrole nitrogens is 1. The molecule has 1 aromatic carbocycles. The van der Waals surface area contributed by atoms with Crippen molar-refractivity contribution in [3.05, 3.63) is 70.6 Å². The van der Waals surface area contributed by atoms with Crippen molar-refractivity contribution in [3.8, 4) is 11.5 Å². The van der Waals surface area contributed by atoms with Gasteiger partial charge in [-0.3, -0.25) is 9.89 Å². The molecule has 188 valence electrons. The maximum atomic E-state index is 12.7. The number of anilines is 1. The normalized spacial score (nSPS) is 17.3. The van der Waals surface area contributed by atoms with Crippen LogP contribution in [0.1, 0.15) is 42.1 Å². The molecule has 0 saturated heterocycles. The number of halogens is 1. The van der Waals surface area contributed by atoms with Crippen molar-refractivity contribution in [2.45, 2.75) is 44.7 Å². The molecule has 1 atom stereocenters.